The maximum absolute atomic E-state index is 6.42. The Balaban J connectivity index is 1.89. The molecule has 0 aliphatic heterocycles. The number of pyridine rings is 1. The Morgan fingerprint density at radius 1 is 1.16 bits per heavy atom. The van der Waals surface area contributed by atoms with Gasteiger partial charge in [0.25, 0.3) is 0 Å². The van der Waals surface area contributed by atoms with Gasteiger partial charge in [0.15, 0.2) is 0 Å². The first kappa shape index (κ1) is 22.8. The van der Waals surface area contributed by atoms with Gasteiger partial charge in [-0.1, -0.05) is 30.9 Å². The first-order chi connectivity index (χ1) is 15.3. The summed E-state index contributed by atoms with van der Waals surface area (Å²) in [7, 11) is 3.37. The summed E-state index contributed by atoms with van der Waals surface area (Å²) in [6.07, 6.45) is 1.76. The normalized spacial score (nSPS) is 11.5. The van der Waals surface area contributed by atoms with E-state index < -0.39 is 0 Å². The SMILES string of the molecule is C=Cc1ccc(/C(N)=C(\CNc2nc(C)cc(-c3cccc(OC)c3)n2)N(C)N)nc1C. The molecule has 0 saturated carbocycles. The minimum atomic E-state index is 0.323. The molecule has 0 unspecified atom stereocenters. The number of nitrogens with zero attached hydrogens (tertiary/aromatic N) is 4. The first-order valence-electron chi connectivity index (χ1n) is 10.1. The molecule has 1 aromatic carbocycles. The zero-order chi connectivity index (χ0) is 23.3. The molecule has 0 amide bonds. The van der Waals surface area contributed by atoms with Gasteiger partial charge >= 0.3 is 0 Å². The van der Waals surface area contributed by atoms with Gasteiger partial charge in [-0.3, -0.25) is 4.98 Å². The number of hydrazine groups is 1. The van der Waals surface area contributed by atoms with Gasteiger partial charge in [-0.15, -0.1) is 0 Å². The lowest BCUT2D eigenvalue weighted by Gasteiger charge is -2.20. The number of aryl methyl sites for hydroxylation is 2. The van der Waals surface area contributed by atoms with E-state index in [2.05, 4.69) is 26.8 Å². The zero-order valence-corrected chi connectivity index (χ0v) is 18.9. The Labute approximate surface area is 188 Å². The molecule has 0 spiro atoms. The summed E-state index contributed by atoms with van der Waals surface area (Å²) in [5, 5.41) is 4.71. The zero-order valence-electron chi connectivity index (χ0n) is 18.9. The van der Waals surface area contributed by atoms with Crippen LogP contribution in [0.5, 0.6) is 5.75 Å². The van der Waals surface area contributed by atoms with Crippen molar-refractivity contribution in [3.05, 3.63) is 77.4 Å². The van der Waals surface area contributed by atoms with Crippen LogP contribution in [0, 0.1) is 13.8 Å². The van der Waals surface area contributed by atoms with Gasteiger partial charge in [-0.2, -0.15) is 0 Å². The Kier molecular flexibility index (Phi) is 7.07. The fourth-order valence-electron chi connectivity index (χ4n) is 3.24. The second kappa shape index (κ2) is 9.93. The third-order valence-corrected chi connectivity index (χ3v) is 4.99. The van der Waals surface area contributed by atoms with Crippen molar-refractivity contribution in [2.75, 3.05) is 26.0 Å². The summed E-state index contributed by atoms with van der Waals surface area (Å²) in [5.74, 6) is 7.31. The van der Waals surface area contributed by atoms with E-state index in [4.69, 9.17) is 16.3 Å². The number of rotatable bonds is 8. The number of methoxy groups -OCH3 is 1. The van der Waals surface area contributed by atoms with Gasteiger partial charge in [0.1, 0.15) is 5.75 Å². The number of likely N-dealkylation sites (N-methyl/N-ethyl adjacent to an activating group) is 1. The second-order valence-electron chi connectivity index (χ2n) is 7.35. The van der Waals surface area contributed by atoms with E-state index in [1.807, 2.05) is 56.3 Å². The van der Waals surface area contributed by atoms with E-state index in [9.17, 15) is 0 Å². The molecule has 0 atom stereocenters. The van der Waals surface area contributed by atoms with Crippen molar-refractivity contribution < 1.29 is 4.74 Å². The molecule has 0 radical (unpaired) electrons. The van der Waals surface area contributed by atoms with Crippen molar-refractivity contribution in [1.29, 1.82) is 0 Å². The van der Waals surface area contributed by atoms with Crippen LogP contribution in [-0.4, -0.2) is 40.7 Å². The predicted molar refractivity (Wildman–Crippen MR) is 129 cm³/mol. The monoisotopic (exact) mass is 431 g/mol. The van der Waals surface area contributed by atoms with Gasteiger partial charge in [0, 0.05) is 24.0 Å². The highest BCUT2D eigenvalue weighted by Crippen LogP contribution is 2.24. The van der Waals surface area contributed by atoms with E-state index >= 15 is 0 Å². The van der Waals surface area contributed by atoms with Crippen molar-refractivity contribution in [3.8, 4) is 17.0 Å². The van der Waals surface area contributed by atoms with E-state index in [1.54, 1.807) is 20.2 Å². The number of hydrogen-bond acceptors (Lipinski definition) is 8. The van der Waals surface area contributed by atoms with Gasteiger partial charge < -0.3 is 20.8 Å². The maximum atomic E-state index is 6.42. The molecule has 0 aliphatic rings. The number of anilines is 1. The van der Waals surface area contributed by atoms with Crippen molar-refractivity contribution >= 4 is 17.7 Å². The highest BCUT2D eigenvalue weighted by Gasteiger charge is 2.13. The average Bonchev–Trinajstić information content (AvgIpc) is 2.78. The summed E-state index contributed by atoms with van der Waals surface area (Å²) >= 11 is 0. The molecule has 3 aromatic rings. The smallest absolute Gasteiger partial charge is 0.223 e. The van der Waals surface area contributed by atoms with Crippen LogP contribution in [0.2, 0.25) is 0 Å². The topological polar surface area (TPSA) is 115 Å². The van der Waals surface area contributed by atoms with Gasteiger partial charge in [-0.25, -0.2) is 15.8 Å². The largest absolute Gasteiger partial charge is 0.497 e. The number of nitrogens with two attached hydrogens (primary N) is 2. The second-order valence-corrected chi connectivity index (χ2v) is 7.35. The lowest BCUT2D eigenvalue weighted by atomic mass is 10.1. The minimum Gasteiger partial charge on any atom is -0.497 e. The molecule has 0 saturated heterocycles. The van der Waals surface area contributed by atoms with E-state index in [0.717, 1.165) is 34.0 Å². The quantitative estimate of drug-likeness (QED) is 0.367. The van der Waals surface area contributed by atoms with Crippen LogP contribution < -0.4 is 21.6 Å². The Hall–Kier alpha value is -3.91. The molecule has 166 valence electrons. The van der Waals surface area contributed by atoms with Gasteiger partial charge in [0.05, 0.1) is 36.4 Å². The molecular weight excluding hydrogens is 402 g/mol. The number of nitrogens with one attached hydrogen (secondary N) is 1. The lowest BCUT2D eigenvalue weighted by molar-refractivity contribution is 0.415. The molecule has 5 N–H and O–H groups in total. The van der Waals surface area contributed by atoms with Gasteiger partial charge in [0.2, 0.25) is 5.95 Å². The molecule has 0 bridgehead atoms. The highest BCUT2D eigenvalue weighted by molar-refractivity contribution is 5.66. The van der Waals surface area contributed by atoms with Crippen LogP contribution >= 0.6 is 0 Å². The van der Waals surface area contributed by atoms with Crippen molar-refractivity contribution in [2.45, 2.75) is 13.8 Å². The predicted octanol–water partition coefficient (Wildman–Crippen LogP) is 3.35. The highest BCUT2D eigenvalue weighted by atomic mass is 16.5. The lowest BCUT2D eigenvalue weighted by Crippen LogP contribution is -2.32. The van der Waals surface area contributed by atoms with Crippen molar-refractivity contribution in [3.63, 3.8) is 0 Å². The van der Waals surface area contributed by atoms with Crippen LogP contribution in [-0.2, 0) is 0 Å². The fourth-order valence-corrected chi connectivity index (χ4v) is 3.24. The number of aromatic nitrogens is 3. The molecule has 2 heterocycles. The van der Waals surface area contributed by atoms with E-state index in [-0.39, 0.29) is 0 Å². The standard InChI is InChI=1S/C24H29N7O/c1-6-17-10-11-20(29-16(17)3)23(25)22(31(4)26)14-27-24-28-15(2)12-21(30-24)18-8-7-9-19(13-18)32-5/h6-13H,1,14,25-26H2,2-5H3,(H,27,28,30)/b23-22-. The Morgan fingerprint density at radius 2 is 1.94 bits per heavy atom. The maximum Gasteiger partial charge on any atom is 0.223 e. The van der Waals surface area contributed by atoms with Crippen molar-refractivity contribution in [2.24, 2.45) is 11.6 Å². The molecule has 0 fully saturated rings. The average molecular weight is 432 g/mol. The summed E-state index contributed by atoms with van der Waals surface area (Å²) in [6.45, 7) is 7.96. The van der Waals surface area contributed by atoms with E-state index in [0.29, 0.717) is 29.6 Å². The molecule has 2 aromatic heterocycles. The summed E-state index contributed by atoms with van der Waals surface area (Å²) in [6, 6.07) is 13.4. The first-order valence-corrected chi connectivity index (χ1v) is 10.1. The minimum absolute atomic E-state index is 0.323. The molecule has 32 heavy (non-hydrogen) atoms. The Morgan fingerprint density at radius 3 is 2.59 bits per heavy atom. The van der Waals surface area contributed by atoms with Crippen LogP contribution in [0.3, 0.4) is 0 Å². The van der Waals surface area contributed by atoms with Crippen LogP contribution in [0.1, 0.15) is 22.6 Å². The van der Waals surface area contributed by atoms with Crippen molar-refractivity contribution in [1.82, 2.24) is 20.0 Å². The van der Waals surface area contributed by atoms with Crippen LogP contribution in [0.25, 0.3) is 23.0 Å². The van der Waals surface area contributed by atoms with Crippen LogP contribution in [0.4, 0.5) is 5.95 Å². The molecular formula is C24H29N7O. The van der Waals surface area contributed by atoms with Crippen LogP contribution in [0.15, 0.2) is 54.7 Å². The third-order valence-electron chi connectivity index (χ3n) is 4.99. The molecule has 0 aliphatic carbocycles. The number of hydrogen-bond donors (Lipinski definition) is 3. The van der Waals surface area contributed by atoms with Gasteiger partial charge in [-0.05, 0) is 43.7 Å². The number of ether oxygens (including phenoxy) is 1. The number of benzene rings is 1. The molecule has 3 rings (SSSR count). The van der Waals surface area contributed by atoms with E-state index in [1.165, 1.54) is 5.01 Å². The summed E-state index contributed by atoms with van der Waals surface area (Å²) < 4.78 is 5.32. The Bertz CT molecular complexity index is 1150. The summed E-state index contributed by atoms with van der Waals surface area (Å²) in [4.78, 5) is 13.7. The molecule has 8 heteroatoms. The summed E-state index contributed by atoms with van der Waals surface area (Å²) in [5.41, 5.74) is 12.6. The molecule has 8 nitrogen and oxygen atoms in total. The fraction of sp³-hybridized carbons (Fsp3) is 0.208. The third kappa shape index (κ3) is 5.22.